The lowest BCUT2D eigenvalue weighted by molar-refractivity contribution is -0.123. The van der Waals surface area contributed by atoms with Gasteiger partial charge in [0.25, 0.3) is 5.91 Å². The first kappa shape index (κ1) is 21.8. The lowest BCUT2D eigenvalue weighted by atomic mass is 9.48. The van der Waals surface area contributed by atoms with E-state index in [-0.39, 0.29) is 12.5 Å². The van der Waals surface area contributed by atoms with Crippen LogP contribution in [-0.4, -0.2) is 32.9 Å². The molecule has 2 aromatic carbocycles. The van der Waals surface area contributed by atoms with Crippen molar-refractivity contribution in [3.63, 3.8) is 0 Å². The standard InChI is InChI=1S/C27H32N2O4/c1-31-24-8-3-18(12-25(24)32-2)16-28-29-26(30)17-33-23-6-4-22(5-7-23)27-13-19-9-20(14-27)11-21(10-19)15-27/h3-8,12,16,19-21H,9-11,13-15,17H2,1-2H3,(H,29,30)/b28-16+. The maximum Gasteiger partial charge on any atom is 0.277 e. The molecule has 0 aliphatic heterocycles. The molecule has 2 aromatic rings. The summed E-state index contributed by atoms with van der Waals surface area (Å²) in [6.45, 7) is -0.0833. The smallest absolute Gasteiger partial charge is 0.277 e. The average Bonchev–Trinajstić information content (AvgIpc) is 2.82. The molecule has 0 saturated heterocycles. The Morgan fingerprint density at radius 1 is 0.970 bits per heavy atom. The van der Waals surface area contributed by atoms with Crippen LogP contribution >= 0.6 is 0 Å². The van der Waals surface area contributed by atoms with E-state index in [2.05, 4.69) is 22.7 Å². The first-order chi connectivity index (χ1) is 16.1. The maximum atomic E-state index is 12.1. The molecule has 6 nitrogen and oxygen atoms in total. The molecule has 0 spiro atoms. The topological polar surface area (TPSA) is 69.2 Å². The molecule has 0 radical (unpaired) electrons. The number of hydrogen-bond acceptors (Lipinski definition) is 5. The molecular formula is C27H32N2O4. The van der Waals surface area contributed by atoms with Crippen LogP contribution in [0.2, 0.25) is 0 Å². The van der Waals surface area contributed by atoms with E-state index in [9.17, 15) is 4.79 Å². The number of nitrogens with one attached hydrogen (secondary N) is 1. The Morgan fingerprint density at radius 2 is 1.61 bits per heavy atom. The van der Waals surface area contributed by atoms with Crippen molar-refractivity contribution in [3.05, 3.63) is 53.6 Å². The van der Waals surface area contributed by atoms with Crippen LogP contribution in [-0.2, 0) is 10.2 Å². The molecule has 0 heterocycles. The van der Waals surface area contributed by atoms with Crippen molar-refractivity contribution < 1.29 is 19.0 Å². The van der Waals surface area contributed by atoms with Crippen molar-refractivity contribution in [1.29, 1.82) is 0 Å². The van der Waals surface area contributed by atoms with Gasteiger partial charge < -0.3 is 14.2 Å². The van der Waals surface area contributed by atoms with Gasteiger partial charge in [0, 0.05) is 0 Å². The SMILES string of the molecule is COc1ccc(/C=N/NC(=O)COc2ccc(C34CC5CC(CC(C5)C3)C4)cc2)cc1OC. The fourth-order valence-corrected chi connectivity index (χ4v) is 6.66. The molecule has 0 unspecified atom stereocenters. The van der Waals surface area contributed by atoms with Crippen molar-refractivity contribution in [2.45, 2.75) is 43.9 Å². The van der Waals surface area contributed by atoms with Crippen LogP contribution < -0.4 is 19.6 Å². The van der Waals surface area contributed by atoms with E-state index in [4.69, 9.17) is 14.2 Å². The number of methoxy groups -OCH3 is 2. The molecule has 0 atom stereocenters. The lowest BCUT2D eigenvalue weighted by Crippen LogP contribution is -2.48. The fourth-order valence-electron chi connectivity index (χ4n) is 6.66. The molecule has 1 amide bonds. The molecular weight excluding hydrogens is 416 g/mol. The van der Waals surface area contributed by atoms with Gasteiger partial charge in [-0.25, -0.2) is 5.43 Å². The number of carbonyl (C=O) groups is 1. The quantitative estimate of drug-likeness (QED) is 0.469. The summed E-state index contributed by atoms with van der Waals surface area (Å²) in [5, 5.41) is 4.00. The summed E-state index contributed by atoms with van der Waals surface area (Å²) in [6.07, 6.45) is 9.94. The van der Waals surface area contributed by atoms with E-state index in [1.807, 2.05) is 18.2 Å². The molecule has 4 aliphatic rings. The summed E-state index contributed by atoms with van der Waals surface area (Å²) in [7, 11) is 3.16. The molecule has 6 rings (SSSR count). The van der Waals surface area contributed by atoms with E-state index in [0.717, 1.165) is 23.3 Å². The van der Waals surface area contributed by atoms with Gasteiger partial charge in [0.05, 0.1) is 20.4 Å². The molecule has 4 aliphatic carbocycles. The molecule has 4 bridgehead atoms. The van der Waals surface area contributed by atoms with E-state index in [1.165, 1.54) is 44.1 Å². The minimum absolute atomic E-state index is 0.0833. The van der Waals surface area contributed by atoms with Gasteiger partial charge in [0.2, 0.25) is 0 Å². The Labute approximate surface area is 195 Å². The zero-order valence-corrected chi connectivity index (χ0v) is 19.4. The number of ether oxygens (including phenoxy) is 3. The highest BCUT2D eigenvalue weighted by Gasteiger charge is 2.51. The van der Waals surface area contributed by atoms with Crippen molar-refractivity contribution in [1.82, 2.24) is 5.43 Å². The summed E-state index contributed by atoms with van der Waals surface area (Å²) in [5.74, 6) is 4.43. The van der Waals surface area contributed by atoms with Crippen molar-refractivity contribution in [2.75, 3.05) is 20.8 Å². The zero-order chi connectivity index (χ0) is 22.8. The Bertz CT molecular complexity index is 996. The predicted octanol–water partition coefficient (Wildman–Crippen LogP) is 4.70. The van der Waals surface area contributed by atoms with Crippen LogP contribution in [0.5, 0.6) is 17.2 Å². The number of hydrazone groups is 1. The minimum Gasteiger partial charge on any atom is -0.493 e. The zero-order valence-electron chi connectivity index (χ0n) is 19.4. The molecule has 1 N–H and O–H groups in total. The van der Waals surface area contributed by atoms with E-state index in [0.29, 0.717) is 22.7 Å². The highest BCUT2D eigenvalue weighted by Crippen LogP contribution is 2.60. The summed E-state index contributed by atoms with van der Waals surface area (Å²) in [5.41, 5.74) is 5.12. The van der Waals surface area contributed by atoms with Crippen LogP contribution in [0.1, 0.15) is 49.7 Å². The third-order valence-electron chi connectivity index (χ3n) is 7.69. The van der Waals surface area contributed by atoms with E-state index < -0.39 is 0 Å². The van der Waals surface area contributed by atoms with Crippen LogP contribution in [0.4, 0.5) is 0 Å². The van der Waals surface area contributed by atoms with E-state index >= 15 is 0 Å². The normalized spacial score (nSPS) is 27.5. The Morgan fingerprint density at radius 3 is 2.21 bits per heavy atom. The lowest BCUT2D eigenvalue weighted by Gasteiger charge is -2.57. The highest BCUT2D eigenvalue weighted by molar-refractivity contribution is 5.83. The summed E-state index contributed by atoms with van der Waals surface area (Å²) < 4.78 is 16.2. The second-order valence-electron chi connectivity index (χ2n) is 9.92. The number of rotatable bonds is 8. The van der Waals surface area contributed by atoms with Crippen LogP contribution in [0.15, 0.2) is 47.6 Å². The number of hydrogen-bond donors (Lipinski definition) is 1. The van der Waals surface area contributed by atoms with Gasteiger partial charge in [-0.15, -0.1) is 0 Å². The largest absolute Gasteiger partial charge is 0.493 e. The first-order valence-corrected chi connectivity index (χ1v) is 11.8. The third-order valence-corrected chi connectivity index (χ3v) is 7.69. The molecule has 33 heavy (non-hydrogen) atoms. The number of amides is 1. The number of benzene rings is 2. The minimum atomic E-state index is -0.308. The van der Waals surface area contributed by atoms with Crippen molar-refractivity contribution in [3.8, 4) is 17.2 Å². The average molecular weight is 449 g/mol. The first-order valence-electron chi connectivity index (χ1n) is 11.8. The predicted molar refractivity (Wildman–Crippen MR) is 127 cm³/mol. The summed E-state index contributed by atoms with van der Waals surface area (Å²) in [6, 6.07) is 13.9. The van der Waals surface area contributed by atoms with Crippen molar-refractivity contribution in [2.24, 2.45) is 22.9 Å². The third kappa shape index (κ3) is 4.56. The van der Waals surface area contributed by atoms with Crippen molar-refractivity contribution >= 4 is 12.1 Å². The molecule has 6 heteroatoms. The van der Waals surface area contributed by atoms with Gasteiger partial charge in [0.15, 0.2) is 18.1 Å². The second-order valence-corrected chi connectivity index (χ2v) is 9.92. The van der Waals surface area contributed by atoms with Gasteiger partial charge in [-0.3, -0.25) is 4.79 Å². The monoisotopic (exact) mass is 448 g/mol. The Balaban J connectivity index is 1.13. The molecule has 4 saturated carbocycles. The van der Waals surface area contributed by atoms with Gasteiger partial charge >= 0.3 is 0 Å². The number of nitrogens with zero attached hydrogens (tertiary/aromatic N) is 1. The van der Waals surface area contributed by atoms with E-state index in [1.54, 1.807) is 32.6 Å². The fraction of sp³-hybridized carbons (Fsp3) is 0.481. The van der Waals surface area contributed by atoms with Crippen LogP contribution in [0.3, 0.4) is 0 Å². The van der Waals surface area contributed by atoms with Gasteiger partial charge in [-0.2, -0.15) is 5.10 Å². The summed E-state index contributed by atoms with van der Waals surface area (Å²) in [4.78, 5) is 12.1. The van der Waals surface area contributed by atoms with Crippen LogP contribution in [0, 0.1) is 17.8 Å². The second kappa shape index (κ2) is 9.08. The molecule has 174 valence electrons. The van der Waals surface area contributed by atoms with Gasteiger partial charge in [0.1, 0.15) is 5.75 Å². The Hall–Kier alpha value is -3.02. The van der Waals surface area contributed by atoms with Gasteiger partial charge in [-0.1, -0.05) is 12.1 Å². The number of carbonyl (C=O) groups excluding carboxylic acids is 1. The van der Waals surface area contributed by atoms with Crippen LogP contribution in [0.25, 0.3) is 0 Å². The highest BCUT2D eigenvalue weighted by atomic mass is 16.5. The summed E-state index contributed by atoms with van der Waals surface area (Å²) >= 11 is 0. The molecule has 4 fully saturated rings. The maximum absolute atomic E-state index is 12.1. The van der Waals surface area contributed by atoms with Gasteiger partial charge in [-0.05, 0) is 103 Å². The molecule has 0 aromatic heterocycles. The Kier molecular flexibility index (Phi) is 6.00.